The summed E-state index contributed by atoms with van der Waals surface area (Å²) in [4.78, 5) is 7.89. The van der Waals surface area contributed by atoms with Gasteiger partial charge in [-0.25, -0.2) is 9.97 Å². The van der Waals surface area contributed by atoms with Crippen LogP contribution in [0.3, 0.4) is 0 Å². The lowest BCUT2D eigenvalue weighted by Crippen LogP contribution is -2.13. The Labute approximate surface area is 92.9 Å². The zero-order valence-electron chi connectivity index (χ0n) is 8.53. The smallest absolute Gasteiger partial charge is 0.167 e. The Morgan fingerprint density at radius 1 is 1.27 bits per heavy atom. The molecule has 0 bridgehead atoms. The molecule has 78 valence electrons. The number of aromatic nitrogens is 3. The highest BCUT2D eigenvalue weighted by atomic mass is 35.5. The van der Waals surface area contributed by atoms with Crippen LogP contribution in [0.15, 0.2) is 24.7 Å². The predicted molar refractivity (Wildman–Crippen MR) is 60.0 cm³/mol. The van der Waals surface area contributed by atoms with Crippen LogP contribution in [0.5, 0.6) is 0 Å². The quantitative estimate of drug-likeness (QED) is 0.849. The van der Waals surface area contributed by atoms with Crippen LogP contribution in [0.2, 0.25) is 5.02 Å². The molecule has 2 rings (SSSR count). The Balaban J connectivity index is 2.34. The first-order valence-corrected chi connectivity index (χ1v) is 4.94. The van der Waals surface area contributed by atoms with Crippen LogP contribution < -0.4 is 5.43 Å². The minimum absolute atomic E-state index is 0.505. The highest BCUT2D eigenvalue weighted by molar-refractivity contribution is 6.32. The van der Waals surface area contributed by atoms with E-state index in [0.29, 0.717) is 10.8 Å². The summed E-state index contributed by atoms with van der Waals surface area (Å²) in [6, 6.07) is 4.05. The third kappa shape index (κ3) is 1.94. The van der Waals surface area contributed by atoms with E-state index in [1.807, 2.05) is 30.7 Å². The third-order valence-corrected chi connectivity index (χ3v) is 2.43. The van der Waals surface area contributed by atoms with Gasteiger partial charge in [-0.2, -0.15) is 0 Å². The van der Waals surface area contributed by atoms with E-state index in [1.54, 1.807) is 6.20 Å². The lowest BCUT2D eigenvalue weighted by Gasteiger charge is -2.12. The van der Waals surface area contributed by atoms with Crippen molar-refractivity contribution in [2.75, 3.05) is 5.43 Å². The van der Waals surface area contributed by atoms with Gasteiger partial charge in [0.05, 0.1) is 6.20 Å². The van der Waals surface area contributed by atoms with E-state index in [2.05, 4.69) is 15.4 Å². The van der Waals surface area contributed by atoms with Crippen LogP contribution in [0, 0.1) is 13.8 Å². The molecule has 2 aromatic rings. The number of hydrogen-bond acceptors (Lipinski definition) is 3. The molecule has 0 aromatic carbocycles. The lowest BCUT2D eigenvalue weighted by molar-refractivity contribution is 0.868. The Hall–Kier alpha value is -1.55. The highest BCUT2D eigenvalue weighted by Gasteiger charge is 2.04. The van der Waals surface area contributed by atoms with Crippen LogP contribution in [0.25, 0.3) is 0 Å². The molecule has 0 saturated carbocycles. The van der Waals surface area contributed by atoms with Crippen LogP contribution in [-0.2, 0) is 0 Å². The SMILES string of the molecule is Cc1ccc(C)n1Nc1ncncc1Cl. The fourth-order valence-electron chi connectivity index (χ4n) is 1.35. The maximum absolute atomic E-state index is 5.95. The van der Waals surface area contributed by atoms with Gasteiger partial charge in [0.25, 0.3) is 0 Å². The monoisotopic (exact) mass is 222 g/mol. The second-order valence-electron chi connectivity index (χ2n) is 3.28. The maximum atomic E-state index is 5.95. The maximum Gasteiger partial charge on any atom is 0.167 e. The van der Waals surface area contributed by atoms with E-state index in [0.717, 1.165) is 11.4 Å². The van der Waals surface area contributed by atoms with Gasteiger partial charge in [0.1, 0.15) is 11.3 Å². The predicted octanol–water partition coefficient (Wildman–Crippen LogP) is 2.42. The van der Waals surface area contributed by atoms with Gasteiger partial charge in [-0.3, -0.25) is 10.1 Å². The molecule has 2 aromatic heterocycles. The Kier molecular flexibility index (Phi) is 2.60. The van der Waals surface area contributed by atoms with E-state index in [1.165, 1.54) is 6.33 Å². The van der Waals surface area contributed by atoms with Crippen molar-refractivity contribution < 1.29 is 0 Å². The molecule has 0 atom stereocenters. The van der Waals surface area contributed by atoms with Crippen molar-refractivity contribution in [3.8, 4) is 0 Å². The molecule has 0 amide bonds. The normalized spacial score (nSPS) is 10.3. The third-order valence-electron chi connectivity index (χ3n) is 2.16. The second kappa shape index (κ2) is 3.90. The van der Waals surface area contributed by atoms with Gasteiger partial charge in [0.2, 0.25) is 0 Å². The van der Waals surface area contributed by atoms with Crippen LogP contribution in [-0.4, -0.2) is 14.6 Å². The summed E-state index contributed by atoms with van der Waals surface area (Å²) in [6.07, 6.45) is 3.02. The van der Waals surface area contributed by atoms with Crippen molar-refractivity contribution in [2.24, 2.45) is 0 Å². The Bertz CT molecular complexity index is 459. The minimum Gasteiger partial charge on any atom is -0.276 e. The lowest BCUT2D eigenvalue weighted by atomic mass is 10.5. The first-order chi connectivity index (χ1) is 7.18. The molecule has 4 nitrogen and oxygen atoms in total. The fourth-order valence-corrected chi connectivity index (χ4v) is 1.49. The van der Waals surface area contributed by atoms with Gasteiger partial charge in [-0.1, -0.05) is 11.6 Å². The van der Waals surface area contributed by atoms with Gasteiger partial charge in [0.15, 0.2) is 5.82 Å². The van der Waals surface area contributed by atoms with E-state index in [-0.39, 0.29) is 0 Å². The molecule has 0 radical (unpaired) electrons. The summed E-state index contributed by atoms with van der Waals surface area (Å²) in [5, 5.41) is 0.505. The summed E-state index contributed by atoms with van der Waals surface area (Å²) in [5.41, 5.74) is 5.32. The molecule has 15 heavy (non-hydrogen) atoms. The van der Waals surface area contributed by atoms with Crippen molar-refractivity contribution in [1.82, 2.24) is 14.6 Å². The number of hydrogen-bond donors (Lipinski definition) is 1. The van der Waals surface area contributed by atoms with Crippen LogP contribution in [0.1, 0.15) is 11.4 Å². The van der Waals surface area contributed by atoms with Crippen molar-refractivity contribution in [3.63, 3.8) is 0 Å². The number of nitrogens with zero attached hydrogens (tertiary/aromatic N) is 3. The minimum atomic E-state index is 0.505. The first-order valence-electron chi connectivity index (χ1n) is 4.56. The van der Waals surface area contributed by atoms with Crippen molar-refractivity contribution in [1.29, 1.82) is 0 Å². The number of rotatable bonds is 2. The average molecular weight is 223 g/mol. The zero-order valence-corrected chi connectivity index (χ0v) is 9.28. The summed E-state index contributed by atoms with van der Waals surface area (Å²) < 4.78 is 1.92. The molecule has 0 spiro atoms. The van der Waals surface area contributed by atoms with Crippen LogP contribution in [0.4, 0.5) is 5.82 Å². The molecule has 0 unspecified atom stereocenters. The number of aryl methyl sites for hydroxylation is 2. The molecular weight excluding hydrogens is 212 g/mol. The summed E-state index contributed by atoms with van der Waals surface area (Å²) in [7, 11) is 0. The highest BCUT2D eigenvalue weighted by Crippen LogP contribution is 2.17. The van der Waals surface area contributed by atoms with E-state index < -0.39 is 0 Å². The van der Waals surface area contributed by atoms with E-state index >= 15 is 0 Å². The van der Waals surface area contributed by atoms with Gasteiger partial charge >= 0.3 is 0 Å². The zero-order chi connectivity index (χ0) is 10.8. The molecule has 0 fully saturated rings. The van der Waals surface area contributed by atoms with E-state index in [9.17, 15) is 0 Å². The van der Waals surface area contributed by atoms with Gasteiger partial charge in [0, 0.05) is 11.4 Å². The standard InChI is InChI=1S/C10H11ClN4/c1-7-3-4-8(2)15(7)14-10-9(11)5-12-6-13-10/h3-6H,1-2H3,(H,12,13,14). The Morgan fingerprint density at radius 2 is 1.93 bits per heavy atom. The molecular formula is C10H11ClN4. The van der Waals surface area contributed by atoms with Crippen molar-refractivity contribution >= 4 is 17.4 Å². The first kappa shape index (κ1) is 9.98. The summed E-state index contributed by atoms with van der Waals surface area (Å²) in [5.74, 6) is 0.606. The number of nitrogens with one attached hydrogen (secondary N) is 1. The van der Waals surface area contributed by atoms with Gasteiger partial charge < -0.3 is 0 Å². The van der Waals surface area contributed by atoms with Crippen molar-refractivity contribution in [2.45, 2.75) is 13.8 Å². The fraction of sp³-hybridized carbons (Fsp3) is 0.200. The molecule has 5 heteroatoms. The topological polar surface area (TPSA) is 42.7 Å². The van der Waals surface area contributed by atoms with Gasteiger partial charge in [-0.15, -0.1) is 0 Å². The van der Waals surface area contributed by atoms with Gasteiger partial charge in [-0.05, 0) is 26.0 Å². The summed E-state index contributed by atoms with van der Waals surface area (Å²) in [6.45, 7) is 4.02. The number of anilines is 1. The largest absolute Gasteiger partial charge is 0.276 e. The molecule has 0 aliphatic carbocycles. The molecule has 1 N–H and O–H groups in total. The average Bonchev–Trinajstić information content (AvgIpc) is 2.53. The Morgan fingerprint density at radius 3 is 2.53 bits per heavy atom. The molecule has 0 aliphatic heterocycles. The summed E-state index contributed by atoms with van der Waals surface area (Å²) >= 11 is 5.95. The van der Waals surface area contributed by atoms with E-state index in [4.69, 9.17) is 11.6 Å². The second-order valence-corrected chi connectivity index (χ2v) is 3.69. The van der Waals surface area contributed by atoms with Crippen molar-refractivity contribution in [3.05, 3.63) is 41.1 Å². The van der Waals surface area contributed by atoms with Crippen LogP contribution >= 0.6 is 11.6 Å². The molecule has 0 saturated heterocycles. The molecule has 0 aliphatic rings. The molecule has 2 heterocycles. The number of halogens is 1.